The number of nitrogens with two attached hydrogens (primary N) is 1. The quantitative estimate of drug-likeness (QED) is 0.738. The normalized spacial score (nSPS) is 12.5. The second-order valence-corrected chi connectivity index (χ2v) is 3.19. The maximum Gasteiger partial charge on any atom is 0.160 e. The Morgan fingerprint density at radius 3 is 2.69 bits per heavy atom. The summed E-state index contributed by atoms with van der Waals surface area (Å²) in [6.07, 6.45) is 0.761. The highest BCUT2D eigenvalue weighted by molar-refractivity contribution is 5.41. The minimum atomic E-state index is 0.104. The van der Waals surface area contributed by atoms with Gasteiger partial charge in [0.25, 0.3) is 0 Å². The molecule has 0 amide bonds. The number of rotatable bonds is 3. The number of ether oxygens (including phenoxy) is 1. The lowest BCUT2D eigenvalue weighted by molar-refractivity contribution is 0.373. The summed E-state index contributed by atoms with van der Waals surface area (Å²) in [6, 6.07) is 5.43. The average Bonchev–Trinajstić information content (AvgIpc) is 2.03. The van der Waals surface area contributed by atoms with Gasteiger partial charge in [0, 0.05) is 6.04 Å². The van der Waals surface area contributed by atoms with Crippen LogP contribution in [0.3, 0.4) is 0 Å². The zero-order valence-electron chi connectivity index (χ0n) is 7.95. The summed E-state index contributed by atoms with van der Waals surface area (Å²) in [5.74, 6) is 0.661. The summed E-state index contributed by atoms with van der Waals surface area (Å²) in [4.78, 5) is 0. The van der Waals surface area contributed by atoms with Gasteiger partial charge in [-0.25, -0.2) is 0 Å². The SMILES string of the molecule is COc1ccc(C[C@@H](C)N)cc1O. The van der Waals surface area contributed by atoms with E-state index in [9.17, 15) is 5.11 Å². The van der Waals surface area contributed by atoms with Gasteiger partial charge < -0.3 is 15.6 Å². The Bertz CT molecular complexity index is 284. The topological polar surface area (TPSA) is 55.5 Å². The third kappa shape index (κ3) is 2.63. The monoisotopic (exact) mass is 181 g/mol. The van der Waals surface area contributed by atoms with Crippen molar-refractivity contribution in [2.45, 2.75) is 19.4 Å². The number of hydrogen-bond donors (Lipinski definition) is 2. The molecule has 0 fully saturated rings. The molecule has 0 heterocycles. The molecule has 13 heavy (non-hydrogen) atoms. The van der Waals surface area contributed by atoms with Crippen molar-refractivity contribution < 1.29 is 9.84 Å². The molecular formula is C10H15NO2. The predicted molar refractivity (Wildman–Crippen MR) is 52.0 cm³/mol. The van der Waals surface area contributed by atoms with Gasteiger partial charge in [-0.2, -0.15) is 0 Å². The lowest BCUT2D eigenvalue weighted by Gasteiger charge is -2.07. The van der Waals surface area contributed by atoms with Crippen molar-refractivity contribution in [2.24, 2.45) is 5.73 Å². The van der Waals surface area contributed by atoms with Crippen LogP contribution in [0, 0.1) is 0 Å². The molecule has 0 aliphatic rings. The number of phenols is 1. The molecule has 3 nitrogen and oxygen atoms in total. The molecule has 0 aliphatic carbocycles. The number of benzene rings is 1. The Balaban J connectivity index is 2.83. The molecule has 1 aromatic carbocycles. The van der Waals surface area contributed by atoms with E-state index < -0.39 is 0 Å². The Kier molecular flexibility index (Phi) is 3.14. The molecule has 3 N–H and O–H groups in total. The summed E-state index contributed by atoms with van der Waals surface area (Å²) in [7, 11) is 1.53. The van der Waals surface area contributed by atoms with Crippen molar-refractivity contribution in [2.75, 3.05) is 7.11 Å². The Morgan fingerprint density at radius 1 is 1.54 bits per heavy atom. The highest BCUT2D eigenvalue weighted by Crippen LogP contribution is 2.26. The fourth-order valence-electron chi connectivity index (χ4n) is 1.23. The number of hydrogen-bond acceptors (Lipinski definition) is 3. The molecule has 0 spiro atoms. The molecule has 1 atom stereocenters. The van der Waals surface area contributed by atoms with E-state index in [1.165, 1.54) is 7.11 Å². The van der Waals surface area contributed by atoms with Crippen molar-refractivity contribution in [1.29, 1.82) is 0 Å². The molecular weight excluding hydrogens is 166 g/mol. The lowest BCUT2D eigenvalue weighted by atomic mass is 10.1. The highest BCUT2D eigenvalue weighted by atomic mass is 16.5. The first kappa shape index (κ1) is 9.86. The number of methoxy groups -OCH3 is 1. The molecule has 0 saturated carbocycles. The smallest absolute Gasteiger partial charge is 0.160 e. The Morgan fingerprint density at radius 2 is 2.23 bits per heavy atom. The van der Waals surface area contributed by atoms with Crippen LogP contribution in [-0.4, -0.2) is 18.3 Å². The van der Waals surface area contributed by atoms with Crippen molar-refractivity contribution in [3.05, 3.63) is 23.8 Å². The zero-order valence-corrected chi connectivity index (χ0v) is 7.95. The van der Waals surface area contributed by atoms with Gasteiger partial charge in [-0.3, -0.25) is 0 Å². The summed E-state index contributed by atoms with van der Waals surface area (Å²) in [5.41, 5.74) is 6.65. The maximum absolute atomic E-state index is 9.44. The molecule has 1 aromatic rings. The third-order valence-electron chi connectivity index (χ3n) is 1.80. The van der Waals surface area contributed by atoms with Crippen LogP contribution in [0.1, 0.15) is 12.5 Å². The summed E-state index contributed by atoms with van der Waals surface area (Å²) in [6.45, 7) is 1.93. The summed E-state index contributed by atoms with van der Waals surface area (Å²) >= 11 is 0. The molecule has 1 rings (SSSR count). The Hall–Kier alpha value is -1.22. The van der Waals surface area contributed by atoms with Crippen LogP contribution in [0.5, 0.6) is 11.5 Å². The van der Waals surface area contributed by atoms with Crippen LogP contribution >= 0.6 is 0 Å². The van der Waals surface area contributed by atoms with Crippen LogP contribution in [0.2, 0.25) is 0 Å². The fraction of sp³-hybridized carbons (Fsp3) is 0.400. The largest absolute Gasteiger partial charge is 0.504 e. The standard InChI is InChI=1S/C10H15NO2/c1-7(11)5-8-3-4-10(13-2)9(12)6-8/h3-4,6-7,12H,5,11H2,1-2H3/t7-/m1/s1. The van der Waals surface area contributed by atoms with Crippen molar-refractivity contribution >= 4 is 0 Å². The van der Waals surface area contributed by atoms with E-state index in [1.54, 1.807) is 12.1 Å². The van der Waals surface area contributed by atoms with Gasteiger partial charge in [0.1, 0.15) is 0 Å². The molecule has 0 radical (unpaired) electrons. The molecule has 0 saturated heterocycles. The predicted octanol–water partition coefficient (Wildman–Crippen LogP) is 1.29. The van der Waals surface area contributed by atoms with E-state index in [4.69, 9.17) is 10.5 Å². The van der Waals surface area contributed by atoms with Gasteiger partial charge in [0.15, 0.2) is 11.5 Å². The number of aromatic hydroxyl groups is 1. The fourth-order valence-corrected chi connectivity index (χ4v) is 1.23. The minimum Gasteiger partial charge on any atom is -0.504 e. The van der Waals surface area contributed by atoms with E-state index in [-0.39, 0.29) is 11.8 Å². The second-order valence-electron chi connectivity index (χ2n) is 3.19. The van der Waals surface area contributed by atoms with E-state index in [1.807, 2.05) is 13.0 Å². The van der Waals surface area contributed by atoms with Crippen LogP contribution in [0.15, 0.2) is 18.2 Å². The first-order chi connectivity index (χ1) is 6.13. The number of phenolic OH excluding ortho intramolecular Hbond substituents is 1. The van der Waals surface area contributed by atoms with Gasteiger partial charge in [0.2, 0.25) is 0 Å². The molecule has 72 valence electrons. The van der Waals surface area contributed by atoms with Gasteiger partial charge in [-0.1, -0.05) is 6.07 Å². The lowest BCUT2D eigenvalue weighted by Crippen LogP contribution is -2.17. The van der Waals surface area contributed by atoms with Crippen LogP contribution < -0.4 is 10.5 Å². The molecule has 0 unspecified atom stereocenters. The van der Waals surface area contributed by atoms with Gasteiger partial charge in [-0.05, 0) is 31.0 Å². The van der Waals surface area contributed by atoms with Crippen molar-refractivity contribution in [3.8, 4) is 11.5 Å². The summed E-state index contributed by atoms with van der Waals surface area (Å²) in [5, 5.41) is 9.44. The average molecular weight is 181 g/mol. The molecule has 0 aromatic heterocycles. The maximum atomic E-state index is 9.44. The molecule has 0 bridgehead atoms. The third-order valence-corrected chi connectivity index (χ3v) is 1.80. The molecule has 3 heteroatoms. The van der Waals surface area contributed by atoms with Crippen molar-refractivity contribution in [1.82, 2.24) is 0 Å². The van der Waals surface area contributed by atoms with E-state index in [0.717, 1.165) is 12.0 Å². The summed E-state index contributed by atoms with van der Waals surface area (Å²) < 4.78 is 4.92. The van der Waals surface area contributed by atoms with Gasteiger partial charge >= 0.3 is 0 Å². The second kappa shape index (κ2) is 4.14. The van der Waals surface area contributed by atoms with E-state index in [0.29, 0.717) is 5.75 Å². The minimum absolute atomic E-state index is 0.104. The highest BCUT2D eigenvalue weighted by Gasteiger charge is 2.03. The van der Waals surface area contributed by atoms with Crippen LogP contribution in [0.25, 0.3) is 0 Å². The van der Waals surface area contributed by atoms with Crippen LogP contribution in [0.4, 0.5) is 0 Å². The van der Waals surface area contributed by atoms with Gasteiger partial charge in [0.05, 0.1) is 7.11 Å². The van der Waals surface area contributed by atoms with Crippen molar-refractivity contribution in [3.63, 3.8) is 0 Å². The van der Waals surface area contributed by atoms with E-state index >= 15 is 0 Å². The van der Waals surface area contributed by atoms with E-state index in [2.05, 4.69) is 0 Å². The first-order valence-electron chi connectivity index (χ1n) is 4.25. The van der Waals surface area contributed by atoms with Crippen LogP contribution in [-0.2, 0) is 6.42 Å². The van der Waals surface area contributed by atoms with Gasteiger partial charge in [-0.15, -0.1) is 0 Å². The molecule has 0 aliphatic heterocycles. The first-order valence-corrected chi connectivity index (χ1v) is 4.25. The zero-order chi connectivity index (χ0) is 9.84. The Labute approximate surface area is 78.1 Å².